The predicted molar refractivity (Wildman–Crippen MR) is 41.8 cm³/mol. The van der Waals surface area contributed by atoms with Crippen LogP contribution in [0.2, 0.25) is 0 Å². The average Bonchev–Trinajstić information content (AvgIpc) is 1.93. The summed E-state index contributed by atoms with van der Waals surface area (Å²) in [5.41, 5.74) is 3.50. The standard InChI is InChI=1S/C7H8N2O2/c1-6-4-2-3-5-7(6)8-9(10)11/h2-5,8H,1H3. The minimum absolute atomic E-state index is 0.539. The molecular weight excluding hydrogens is 144 g/mol. The Labute approximate surface area is 64.0 Å². The molecule has 58 valence electrons. The summed E-state index contributed by atoms with van der Waals surface area (Å²) in [7, 11) is 0. The lowest BCUT2D eigenvalue weighted by molar-refractivity contribution is -0.445. The Balaban J connectivity index is 2.86. The maximum Gasteiger partial charge on any atom is 0.162 e. The number of anilines is 1. The van der Waals surface area contributed by atoms with Crippen LogP contribution in [0.3, 0.4) is 0 Å². The lowest BCUT2D eigenvalue weighted by atomic mass is 10.2. The van der Waals surface area contributed by atoms with Crippen LogP contribution in [0.5, 0.6) is 0 Å². The number of hydrogen-bond donors (Lipinski definition) is 1. The summed E-state index contributed by atoms with van der Waals surface area (Å²) in [5, 5.41) is 9.45. The Morgan fingerprint density at radius 1 is 1.45 bits per heavy atom. The Morgan fingerprint density at radius 2 is 2.09 bits per heavy atom. The van der Waals surface area contributed by atoms with Gasteiger partial charge in [-0.1, -0.05) is 18.2 Å². The molecule has 1 aromatic rings. The van der Waals surface area contributed by atoms with Gasteiger partial charge in [0.1, 0.15) is 5.69 Å². The number of nitrogens with zero attached hydrogens (tertiary/aromatic N) is 1. The Kier molecular flexibility index (Phi) is 2.06. The molecule has 1 aromatic carbocycles. The van der Waals surface area contributed by atoms with Gasteiger partial charge in [0, 0.05) is 0 Å². The summed E-state index contributed by atoms with van der Waals surface area (Å²) in [5.74, 6) is 0. The van der Waals surface area contributed by atoms with E-state index in [4.69, 9.17) is 0 Å². The summed E-state index contributed by atoms with van der Waals surface area (Å²) in [4.78, 5) is 10.0. The van der Waals surface area contributed by atoms with Gasteiger partial charge in [-0.2, -0.15) is 0 Å². The van der Waals surface area contributed by atoms with Crippen LogP contribution in [0.1, 0.15) is 5.56 Å². The Hall–Kier alpha value is -1.58. The van der Waals surface area contributed by atoms with Gasteiger partial charge in [-0.05, 0) is 18.6 Å². The SMILES string of the molecule is Cc1ccccc1N[N+](=O)[O-]. The van der Waals surface area contributed by atoms with Crippen LogP contribution in [0.4, 0.5) is 5.69 Å². The van der Waals surface area contributed by atoms with Crippen molar-refractivity contribution in [3.63, 3.8) is 0 Å². The molecule has 0 saturated carbocycles. The molecule has 0 aliphatic carbocycles. The number of rotatable bonds is 2. The van der Waals surface area contributed by atoms with Gasteiger partial charge in [-0.25, -0.2) is 10.1 Å². The van der Waals surface area contributed by atoms with Gasteiger partial charge in [0.25, 0.3) is 0 Å². The van der Waals surface area contributed by atoms with Crippen LogP contribution in [0, 0.1) is 17.0 Å². The van der Waals surface area contributed by atoms with Crippen molar-refractivity contribution in [2.24, 2.45) is 0 Å². The van der Waals surface area contributed by atoms with Crippen LogP contribution in [-0.4, -0.2) is 5.03 Å². The second kappa shape index (κ2) is 3.01. The molecule has 0 fully saturated rings. The molecule has 0 unspecified atom stereocenters. The monoisotopic (exact) mass is 152 g/mol. The van der Waals surface area contributed by atoms with E-state index in [1.165, 1.54) is 0 Å². The van der Waals surface area contributed by atoms with E-state index in [0.29, 0.717) is 5.69 Å². The summed E-state index contributed by atoms with van der Waals surface area (Å²) in [6.07, 6.45) is 0. The van der Waals surface area contributed by atoms with Crippen molar-refractivity contribution >= 4 is 5.69 Å². The Bertz CT molecular complexity index is 273. The van der Waals surface area contributed by atoms with Crippen LogP contribution >= 0.6 is 0 Å². The van der Waals surface area contributed by atoms with Crippen molar-refractivity contribution in [2.45, 2.75) is 6.92 Å². The van der Waals surface area contributed by atoms with Gasteiger partial charge in [0.05, 0.1) is 0 Å². The van der Waals surface area contributed by atoms with E-state index in [1.807, 2.05) is 19.1 Å². The van der Waals surface area contributed by atoms with Gasteiger partial charge >= 0.3 is 0 Å². The van der Waals surface area contributed by atoms with Crippen molar-refractivity contribution in [1.29, 1.82) is 0 Å². The highest BCUT2D eigenvalue weighted by Gasteiger charge is 1.99. The first kappa shape index (κ1) is 7.53. The number of nitrogens with one attached hydrogen (secondary N) is 1. The quantitative estimate of drug-likeness (QED) is 0.517. The Morgan fingerprint density at radius 3 is 2.64 bits per heavy atom. The van der Waals surface area contributed by atoms with Crippen molar-refractivity contribution in [1.82, 2.24) is 0 Å². The van der Waals surface area contributed by atoms with E-state index in [0.717, 1.165) is 5.56 Å². The van der Waals surface area contributed by atoms with Crippen LogP contribution in [-0.2, 0) is 0 Å². The van der Waals surface area contributed by atoms with Crippen LogP contribution in [0.25, 0.3) is 0 Å². The zero-order chi connectivity index (χ0) is 8.27. The normalized spacial score (nSPS) is 9.18. The lowest BCUT2D eigenvalue weighted by Crippen LogP contribution is -2.08. The van der Waals surface area contributed by atoms with E-state index >= 15 is 0 Å². The van der Waals surface area contributed by atoms with E-state index in [-0.39, 0.29) is 0 Å². The third kappa shape index (κ3) is 1.93. The highest BCUT2D eigenvalue weighted by molar-refractivity contribution is 5.47. The predicted octanol–water partition coefficient (Wildman–Crippen LogP) is 1.60. The van der Waals surface area contributed by atoms with E-state index in [2.05, 4.69) is 5.43 Å². The summed E-state index contributed by atoms with van der Waals surface area (Å²) in [6.45, 7) is 1.81. The first-order chi connectivity index (χ1) is 5.20. The first-order valence-corrected chi connectivity index (χ1v) is 3.17. The fourth-order valence-corrected chi connectivity index (χ4v) is 0.797. The zero-order valence-corrected chi connectivity index (χ0v) is 6.07. The molecular formula is C7H8N2O2. The third-order valence-electron chi connectivity index (χ3n) is 1.36. The van der Waals surface area contributed by atoms with Crippen LogP contribution < -0.4 is 5.43 Å². The lowest BCUT2D eigenvalue weighted by Gasteiger charge is -1.99. The molecule has 0 bridgehead atoms. The van der Waals surface area contributed by atoms with E-state index in [9.17, 15) is 10.1 Å². The van der Waals surface area contributed by atoms with E-state index in [1.54, 1.807) is 12.1 Å². The first-order valence-electron chi connectivity index (χ1n) is 3.17. The van der Waals surface area contributed by atoms with E-state index < -0.39 is 5.03 Å². The molecule has 0 aromatic heterocycles. The second-order valence-electron chi connectivity index (χ2n) is 2.18. The average molecular weight is 152 g/mol. The van der Waals surface area contributed by atoms with Crippen molar-refractivity contribution in [3.8, 4) is 0 Å². The zero-order valence-electron chi connectivity index (χ0n) is 6.07. The molecule has 0 aliphatic rings. The molecule has 0 heterocycles. The summed E-state index contributed by atoms with van der Waals surface area (Å²) < 4.78 is 0. The molecule has 1 N–H and O–H groups in total. The number of benzene rings is 1. The van der Waals surface area contributed by atoms with Crippen molar-refractivity contribution in [2.75, 3.05) is 5.43 Å². The van der Waals surface area contributed by atoms with Gasteiger partial charge in [-0.15, -0.1) is 5.43 Å². The highest BCUT2D eigenvalue weighted by Crippen LogP contribution is 2.11. The topological polar surface area (TPSA) is 55.2 Å². The number of hydrazine groups is 1. The molecule has 11 heavy (non-hydrogen) atoms. The van der Waals surface area contributed by atoms with Crippen molar-refractivity contribution in [3.05, 3.63) is 39.9 Å². The molecule has 4 nitrogen and oxygen atoms in total. The number of nitro groups is 1. The summed E-state index contributed by atoms with van der Waals surface area (Å²) in [6, 6.07) is 7.06. The molecule has 1 rings (SSSR count). The highest BCUT2D eigenvalue weighted by atomic mass is 16.7. The third-order valence-corrected chi connectivity index (χ3v) is 1.36. The van der Waals surface area contributed by atoms with Crippen molar-refractivity contribution < 1.29 is 5.03 Å². The van der Waals surface area contributed by atoms with Gasteiger partial charge in [-0.3, -0.25) is 0 Å². The molecule has 0 radical (unpaired) electrons. The number of para-hydroxylation sites is 1. The van der Waals surface area contributed by atoms with Gasteiger partial charge in [0.15, 0.2) is 5.03 Å². The molecule has 0 saturated heterocycles. The molecule has 0 aliphatic heterocycles. The minimum atomic E-state index is -0.567. The molecule has 0 spiro atoms. The minimum Gasteiger partial charge on any atom is -0.235 e. The summed E-state index contributed by atoms with van der Waals surface area (Å²) >= 11 is 0. The van der Waals surface area contributed by atoms with Crippen LogP contribution in [0.15, 0.2) is 24.3 Å². The van der Waals surface area contributed by atoms with Gasteiger partial charge in [0.2, 0.25) is 0 Å². The molecule has 4 heteroatoms. The fourth-order valence-electron chi connectivity index (χ4n) is 0.797. The second-order valence-corrected chi connectivity index (χ2v) is 2.18. The maximum atomic E-state index is 10.0. The number of aryl methyl sites for hydroxylation is 1. The maximum absolute atomic E-state index is 10.0. The largest absolute Gasteiger partial charge is 0.235 e. The molecule has 0 amide bonds. The van der Waals surface area contributed by atoms with Gasteiger partial charge < -0.3 is 0 Å². The molecule has 0 atom stereocenters. The number of hydrogen-bond acceptors (Lipinski definition) is 2. The smallest absolute Gasteiger partial charge is 0.162 e. The fraction of sp³-hybridized carbons (Fsp3) is 0.143.